The maximum absolute atomic E-state index is 13.2. The first kappa shape index (κ1) is 21.5. The van der Waals surface area contributed by atoms with Crippen LogP contribution in [0, 0.1) is 5.82 Å². The van der Waals surface area contributed by atoms with Crippen molar-refractivity contribution in [3.8, 4) is 11.3 Å². The highest BCUT2D eigenvalue weighted by atomic mass is 32.1. The fourth-order valence-corrected chi connectivity index (χ4v) is 3.99. The molecule has 32 heavy (non-hydrogen) atoms. The van der Waals surface area contributed by atoms with Gasteiger partial charge in [-0.1, -0.05) is 12.1 Å². The summed E-state index contributed by atoms with van der Waals surface area (Å²) in [5.74, 6) is -0.847. The van der Waals surface area contributed by atoms with Crippen molar-refractivity contribution in [3.05, 3.63) is 83.3 Å². The Kier molecular flexibility index (Phi) is 6.42. The van der Waals surface area contributed by atoms with Gasteiger partial charge in [0, 0.05) is 34.6 Å². The van der Waals surface area contributed by atoms with Gasteiger partial charge in [-0.3, -0.25) is 9.20 Å². The van der Waals surface area contributed by atoms with Crippen molar-refractivity contribution in [1.29, 1.82) is 0 Å². The lowest BCUT2D eigenvalue weighted by Gasteiger charge is -2.05. The van der Waals surface area contributed by atoms with Gasteiger partial charge in [-0.15, -0.1) is 11.3 Å². The number of halogens is 1. The van der Waals surface area contributed by atoms with E-state index in [-0.39, 0.29) is 18.1 Å². The number of rotatable bonds is 7. The van der Waals surface area contributed by atoms with E-state index in [1.54, 1.807) is 49.4 Å². The molecule has 0 radical (unpaired) electrons. The maximum Gasteiger partial charge on any atom is 0.330 e. The van der Waals surface area contributed by atoms with Crippen molar-refractivity contribution in [1.82, 2.24) is 9.38 Å². The van der Waals surface area contributed by atoms with Crippen LogP contribution >= 0.6 is 11.3 Å². The molecule has 0 aliphatic rings. The molecule has 0 spiro atoms. The lowest BCUT2D eigenvalue weighted by molar-refractivity contribution is -0.137. The van der Waals surface area contributed by atoms with Crippen LogP contribution in [0.5, 0.6) is 0 Å². The van der Waals surface area contributed by atoms with Crippen molar-refractivity contribution in [2.24, 2.45) is 0 Å². The number of amides is 1. The largest absolute Gasteiger partial charge is 0.463 e. The van der Waals surface area contributed by atoms with E-state index in [9.17, 15) is 14.0 Å². The summed E-state index contributed by atoms with van der Waals surface area (Å²) < 4.78 is 19.9. The van der Waals surface area contributed by atoms with Crippen molar-refractivity contribution < 1.29 is 18.7 Å². The minimum atomic E-state index is -0.394. The average Bonchev–Trinajstić information content (AvgIpc) is 3.36. The van der Waals surface area contributed by atoms with Crippen LogP contribution in [-0.4, -0.2) is 27.9 Å². The van der Waals surface area contributed by atoms with Gasteiger partial charge in [0.15, 0.2) is 4.96 Å². The molecule has 1 amide bonds. The predicted molar refractivity (Wildman–Crippen MR) is 123 cm³/mol. The zero-order chi connectivity index (χ0) is 22.5. The first-order valence-electron chi connectivity index (χ1n) is 9.98. The van der Waals surface area contributed by atoms with E-state index >= 15 is 0 Å². The second-order valence-electron chi connectivity index (χ2n) is 6.94. The van der Waals surface area contributed by atoms with Crippen LogP contribution in [-0.2, 0) is 20.7 Å². The summed E-state index contributed by atoms with van der Waals surface area (Å²) in [5.41, 5.74) is 3.84. The Morgan fingerprint density at radius 3 is 2.62 bits per heavy atom. The maximum atomic E-state index is 13.2. The Labute approximate surface area is 188 Å². The monoisotopic (exact) mass is 449 g/mol. The molecular weight excluding hydrogens is 429 g/mol. The number of aromatic nitrogens is 2. The van der Waals surface area contributed by atoms with Gasteiger partial charge >= 0.3 is 5.97 Å². The molecule has 0 atom stereocenters. The number of hydrogen-bond acceptors (Lipinski definition) is 5. The van der Waals surface area contributed by atoms with E-state index < -0.39 is 5.97 Å². The van der Waals surface area contributed by atoms with Gasteiger partial charge in [0.05, 0.1) is 18.7 Å². The third kappa shape index (κ3) is 5.09. The molecular formula is C24H20FN3O3S. The van der Waals surface area contributed by atoms with Crippen LogP contribution in [0.15, 0.2) is 66.2 Å². The Balaban J connectivity index is 1.40. The Hall–Kier alpha value is -3.78. The third-order valence-electron chi connectivity index (χ3n) is 4.66. The Bertz CT molecular complexity index is 1270. The van der Waals surface area contributed by atoms with Crippen LogP contribution < -0.4 is 5.32 Å². The minimum Gasteiger partial charge on any atom is -0.463 e. The van der Waals surface area contributed by atoms with Gasteiger partial charge in [0.2, 0.25) is 5.91 Å². The van der Waals surface area contributed by atoms with Crippen LogP contribution in [0.4, 0.5) is 10.1 Å². The highest BCUT2D eigenvalue weighted by molar-refractivity contribution is 7.15. The number of anilines is 1. The van der Waals surface area contributed by atoms with Crippen molar-refractivity contribution >= 4 is 39.9 Å². The van der Waals surface area contributed by atoms with Gasteiger partial charge < -0.3 is 10.1 Å². The van der Waals surface area contributed by atoms with E-state index in [4.69, 9.17) is 4.74 Å². The summed E-state index contributed by atoms with van der Waals surface area (Å²) in [4.78, 5) is 29.3. The van der Waals surface area contributed by atoms with Gasteiger partial charge in [0.25, 0.3) is 0 Å². The molecule has 4 aromatic rings. The number of nitrogens with zero attached hydrogens (tertiary/aromatic N) is 2. The third-order valence-corrected chi connectivity index (χ3v) is 5.55. The molecule has 0 bridgehead atoms. The second kappa shape index (κ2) is 9.57. The van der Waals surface area contributed by atoms with Crippen LogP contribution in [0.1, 0.15) is 18.2 Å². The van der Waals surface area contributed by atoms with E-state index in [0.717, 1.165) is 27.5 Å². The molecule has 2 aromatic carbocycles. The van der Waals surface area contributed by atoms with E-state index in [2.05, 4.69) is 10.3 Å². The van der Waals surface area contributed by atoms with Crippen molar-refractivity contribution in [2.75, 3.05) is 11.9 Å². The number of fused-ring (bicyclic) bond motifs is 1. The van der Waals surface area contributed by atoms with E-state index in [1.165, 1.54) is 29.5 Å². The number of benzene rings is 2. The summed E-state index contributed by atoms with van der Waals surface area (Å²) in [7, 11) is 0. The molecule has 6 nitrogen and oxygen atoms in total. The molecule has 2 heterocycles. The van der Waals surface area contributed by atoms with E-state index in [0.29, 0.717) is 12.3 Å². The molecule has 4 rings (SSSR count). The number of hydrogen-bond donors (Lipinski definition) is 1. The lowest BCUT2D eigenvalue weighted by Crippen LogP contribution is -2.15. The predicted octanol–water partition coefficient (Wildman–Crippen LogP) is 4.96. The van der Waals surface area contributed by atoms with Gasteiger partial charge in [-0.05, 0) is 55.0 Å². The lowest BCUT2D eigenvalue weighted by atomic mass is 10.2. The number of carbonyl (C=O) groups is 2. The standard InChI is InChI=1S/C24H20FN3O3S/c1-2-31-23(30)12-5-16-3-10-19(11-4-16)26-22(29)13-20-15-32-24-27-21(14-28(20)24)17-6-8-18(25)9-7-17/h3-12,14-15H,2,13H2,1H3,(H,26,29)/b12-5+. The zero-order valence-electron chi connectivity index (χ0n) is 17.2. The molecule has 2 aromatic heterocycles. The Morgan fingerprint density at radius 1 is 1.16 bits per heavy atom. The number of imidazole rings is 1. The van der Waals surface area contributed by atoms with Crippen LogP contribution in [0.2, 0.25) is 0 Å². The first-order valence-corrected chi connectivity index (χ1v) is 10.9. The average molecular weight is 450 g/mol. The second-order valence-corrected chi connectivity index (χ2v) is 7.78. The first-order chi connectivity index (χ1) is 15.5. The highest BCUT2D eigenvalue weighted by Crippen LogP contribution is 2.24. The number of nitrogens with one attached hydrogen (secondary N) is 1. The number of thiazole rings is 1. The van der Waals surface area contributed by atoms with Crippen molar-refractivity contribution in [3.63, 3.8) is 0 Å². The molecule has 162 valence electrons. The quantitative estimate of drug-likeness (QED) is 0.320. The minimum absolute atomic E-state index is 0.156. The molecule has 0 aliphatic carbocycles. The fourth-order valence-electron chi connectivity index (χ4n) is 3.12. The van der Waals surface area contributed by atoms with Crippen molar-refractivity contribution in [2.45, 2.75) is 13.3 Å². The summed E-state index contributed by atoms with van der Waals surface area (Å²) in [6, 6.07) is 13.3. The van der Waals surface area contributed by atoms with Crippen LogP contribution in [0.25, 0.3) is 22.3 Å². The SMILES string of the molecule is CCOC(=O)/C=C/c1ccc(NC(=O)Cc2csc3nc(-c4ccc(F)cc4)cn23)cc1. The molecule has 8 heteroatoms. The summed E-state index contributed by atoms with van der Waals surface area (Å²) in [6.45, 7) is 2.08. The molecule has 0 saturated heterocycles. The van der Waals surface area contributed by atoms with Gasteiger partial charge in [-0.2, -0.15) is 0 Å². The number of carbonyl (C=O) groups excluding carboxylic acids is 2. The molecule has 0 saturated carbocycles. The molecule has 0 unspecified atom stereocenters. The zero-order valence-corrected chi connectivity index (χ0v) is 18.1. The number of esters is 1. The number of ether oxygens (including phenoxy) is 1. The van der Waals surface area contributed by atoms with Crippen LogP contribution in [0.3, 0.4) is 0 Å². The Morgan fingerprint density at radius 2 is 1.91 bits per heavy atom. The summed E-state index contributed by atoms with van der Waals surface area (Å²) in [6.07, 6.45) is 5.06. The molecule has 0 fully saturated rings. The summed E-state index contributed by atoms with van der Waals surface area (Å²) in [5, 5.41) is 4.78. The van der Waals surface area contributed by atoms with Gasteiger partial charge in [0.1, 0.15) is 5.82 Å². The highest BCUT2D eigenvalue weighted by Gasteiger charge is 2.13. The smallest absolute Gasteiger partial charge is 0.330 e. The van der Waals surface area contributed by atoms with E-state index in [1.807, 2.05) is 16.0 Å². The summed E-state index contributed by atoms with van der Waals surface area (Å²) >= 11 is 1.45. The molecule has 1 N–H and O–H groups in total. The normalized spacial score (nSPS) is 11.2. The topological polar surface area (TPSA) is 72.7 Å². The fraction of sp³-hybridized carbons (Fsp3) is 0.125. The molecule has 0 aliphatic heterocycles. The van der Waals surface area contributed by atoms with Gasteiger partial charge in [-0.25, -0.2) is 14.2 Å².